The van der Waals surface area contributed by atoms with Gasteiger partial charge in [-0.3, -0.25) is 12.2 Å². The molecule has 0 heterocycles. The van der Waals surface area contributed by atoms with Gasteiger partial charge in [0.25, 0.3) is 0 Å². The van der Waals surface area contributed by atoms with Gasteiger partial charge in [-0.15, -0.1) is 13.8 Å². The van der Waals surface area contributed by atoms with E-state index >= 15 is 0 Å². The summed E-state index contributed by atoms with van der Waals surface area (Å²) in [6.07, 6.45) is 6.72. The molecule has 0 amide bonds. The van der Waals surface area contributed by atoms with Crippen LogP contribution in [0.1, 0.15) is 55.4 Å². The summed E-state index contributed by atoms with van der Waals surface area (Å²) in [6.45, 7) is 17.3. The van der Waals surface area contributed by atoms with Crippen molar-refractivity contribution >= 4 is 0 Å². The molecule has 0 radical (unpaired) electrons. The van der Waals surface area contributed by atoms with Crippen molar-refractivity contribution in [1.82, 2.24) is 0 Å². The van der Waals surface area contributed by atoms with E-state index in [2.05, 4.69) is 67.5 Å². The van der Waals surface area contributed by atoms with Crippen LogP contribution >= 0.6 is 0 Å². The van der Waals surface area contributed by atoms with E-state index in [0.29, 0.717) is 11.8 Å². The molecule has 0 aromatic heterocycles. The molecule has 0 aromatic carbocycles. The fourth-order valence-corrected chi connectivity index (χ4v) is 2.32. The first-order chi connectivity index (χ1) is 8.25. The Kier molecular flexibility index (Phi) is 13.6. The predicted octanol–water partition coefficient (Wildman–Crippen LogP) is -0.551. The van der Waals surface area contributed by atoms with Gasteiger partial charge < -0.3 is 24.8 Å². The van der Waals surface area contributed by atoms with E-state index in [0.717, 1.165) is 0 Å². The van der Waals surface area contributed by atoms with E-state index in [4.69, 9.17) is 0 Å². The van der Waals surface area contributed by atoms with Crippen LogP contribution in [0, 0.1) is 24.0 Å². The number of hydrogen-bond acceptors (Lipinski definition) is 0. The van der Waals surface area contributed by atoms with Crippen molar-refractivity contribution in [2.75, 3.05) is 0 Å². The topological polar surface area (TPSA) is 0 Å². The monoisotopic (exact) mass is 360 g/mol. The first-order valence-electron chi connectivity index (χ1n) is 6.81. The van der Waals surface area contributed by atoms with Gasteiger partial charge in [-0.05, 0) is 0 Å². The van der Waals surface area contributed by atoms with Crippen LogP contribution in [0.5, 0.6) is 0 Å². The van der Waals surface area contributed by atoms with Gasteiger partial charge in [-0.1, -0.05) is 53.4 Å². The Bertz CT molecular complexity index is 424. The van der Waals surface area contributed by atoms with Crippen LogP contribution in [0.15, 0.2) is 33.4 Å². The summed E-state index contributed by atoms with van der Waals surface area (Å²) in [5, 5.41) is 0. The molecule has 2 aliphatic carbocycles. The molecule has 0 aromatic rings. The summed E-state index contributed by atoms with van der Waals surface area (Å²) < 4.78 is 0. The van der Waals surface area contributed by atoms with Gasteiger partial charge >= 0.3 is 21.7 Å². The minimum Gasteiger partial charge on any atom is -1.00 e. The number of halogens is 2. The Balaban J connectivity index is -0.000000270. The Morgan fingerprint density at radius 1 is 0.619 bits per heavy atom. The van der Waals surface area contributed by atoms with Gasteiger partial charge in [0.1, 0.15) is 0 Å². The predicted molar refractivity (Wildman–Crippen MR) is 79.9 cm³/mol. The number of rotatable bonds is 0. The molecule has 0 spiro atoms. The van der Waals surface area contributed by atoms with Gasteiger partial charge in [0.05, 0.1) is 0 Å². The van der Waals surface area contributed by atoms with Crippen molar-refractivity contribution in [2.45, 2.75) is 55.4 Å². The molecule has 2 rings (SSSR count). The van der Waals surface area contributed by atoms with E-state index in [1.54, 1.807) is 0 Å². The molecule has 2 unspecified atom stereocenters. The Morgan fingerprint density at radius 3 is 0.905 bits per heavy atom. The van der Waals surface area contributed by atoms with Crippen LogP contribution in [0.3, 0.4) is 0 Å². The van der Waals surface area contributed by atoms with Gasteiger partial charge in [0.15, 0.2) is 0 Å². The number of hydrogen-bond donors (Lipinski definition) is 0. The Labute approximate surface area is 158 Å². The normalized spacial score (nSPS) is 23.2. The third-order valence-electron chi connectivity index (χ3n) is 4.47. The van der Waals surface area contributed by atoms with Crippen LogP contribution in [0.25, 0.3) is 0 Å². The molecule has 0 bridgehead atoms. The molecular weight excluding hydrogens is 335 g/mol. The number of allylic oxidation sites excluding steroid dienone is 8. The van der Waals surface area contributed by atoms with Crippen molar-refractivity contribution in [3.05, 3.63) is 45.6 Å². The quantitative estimate of drug-likeness (QED) is 0.401. The molecule has 0 nitrogen and oxygen atoms in total. The molecule has 0 saturated carbocycles. The zero-order valence-corrected chi connectivity index (χ0v) is 17.5. The Morgan fingerprint density at radius 2 is 0.857 bits per heavy atom. The van der Waals surface area contributed by atoms with Crippen LogP contribution in [-0.4, -0.2) is 0 Å². The van der Waals surface area contributed by atoms with Crippen molar-refractivity contribution in [1.29, 1.82) is 0 Å². The fraction of sp³-hybridized carbons (Fsp3) is 0.556. The molecule has 21 heavy (non-hydrogen) atoms. The summed E-state index contributed by atoms with van der Waals surface area (Å²) >= 11 is 0. The third-order valence-corrected chi connectivity index (χ3v) is 4.47. The molecular formula is C18H26Cl2Ti. The van der Waals surface area contributed by atoms with Crippen LogP contribution in [0.2, 0.25) is 0 Å². The maximum atomic E-state index is 3.36. The van der Waals surface area contributed by atoms with Crippen molar-refractivity contribution in [3.8, 4) is 0 Å². The maximum Gasteiger partial charge on any atom is 4.00 e. The van der Waals surface area contributed by atoms with Crippen molar-refractivity contribution < 1.29 is 46.5 Å². The average Bonchev–Trinajstić information content (AvgIpc) is 2.66. The summed E-state index contributed by atoms with van der Waals surface area (Å²) in [5.41, 5.74) is 8.49. The zero-order valence-electron chi connectivity index (χ0n) is 14.4. The first kappa shape index (κ1) is 26.2. The van der Waals surface area contributed by atoms with E-state index in [1.807, 2.05) is 0 Å². The van der Waals surface area contributed by atoms with Crippen molar-refractivity contribution in [2.24, 2.45) is 11.8 Å². The standard InChI is InChI=1S/2C9H13.2ClH.Ti/c2*1-6-5-7(2)9(4)8(6)3;;;/h2*6H,1-4H3;2*1H;/q2*-1;;;+4/p-2. The summed E-state index contributed by atoms with van der Waals surface area (Å²) in [4.78, 5) is 0. The van der Waals surface area contributed by atoms with Crippen molar-refractivity contribution in [3.63, 3.8) is 0 Å². The van der Waals surface area contributed by atoms with Gasteiger partial charge in [0, 0.05) is 0 Å². The summed E-state index contributed by atoms with van der Waals surface area (Å²) in [6, 6.07) is 0. The molecule has 2 aliphatic rings. The minimum atomic E-state index is 0. The Hall–Kier alpha value is 0.254. The fourth-order valence-electron chi connectivity index (χ4n) is 2.32. The molecule has 2 atom stereocenters. The van der Waals surface area contributed by atoms with E-state index in [9.17, 15) is 0 Å². The smallest absolute Gasteiger partial charge is 1.00 e. The molecule has 3 heteroatoms. The van der Waals surface area contributed by atoms with Crippen LogP contribution < -0.4 is 24.8 Å². The van der Waals surface area contributed by atoms with Crippen LogP contribution in [-0.2, 0) is 21.7 Å². The van der Waals surface area contributed by atoms with Crippen LogP contribution in [0.4, 0.5) is 0 Å². The maximum absolute atomic E-state index is 3.36. The first-order valence-corrected chi connectivity index (χ1v) is 6.81. The average molecular weight is 361 g/mol. The largest absolute Gasteiger partial charge is 4.00 e. The van der Waals surface area contributed by atoms with Gasteiger partial charge in [0.2, 0.25) is 0 Å². The second kappa shape index (κ2) is 10.9. The van der Waals surface area contributed by atoms with E-state index < -0.39 is 0 Å². The molecule has 116 valence electrons. The van der Waals surface area contributed by atoms with Gasteiger partial charge in [-0.2, -0.15) is 22.3 Å². The molecule has 0 N–H and O–H groups in total. The second-order valence-electron chi connectivity index (χ2n) is 5.60. The second-order valence-corrected chi connectivity index (χ2v) is 5.60. The van der Waals surface area contributed by atoms with Gasteiger partial charge in [-0.25, -0.2) is 11.1 Å². The molecule has 0 saturated heterocycles. The third kappa shape index (κ3) is 6.49. The molecule has 0 aliphatic heterocycles. The SMILES string of the molecule is CC1=[C-]C(C)C(C)=C1C.CC1=[C-]C(C)C(C)=C1C.[Cl-].[Cl-].[Ti+4]. The minimum absolute atomic E-state index is 0. The summed E-state index contributed by atoms with van der Waals surface area (Å²) in [5.74, 6) is 1.12. The van der Waals surface area contributed by atoms with E-state index in [1.165, 1.54) is 33.4 Å². The van der Waals surface area contributed by atoms with E-state index in [-0.39, 0.29) is 46.5 Å². The summed E-state index contributed by atoms with van der Waals surface area (Å²) in [7, 11) is 0. The zero-order chi connectivity index (χ0) is 14.0. The molecule has 0 fully saturated rings.